The SMILES string of the molecule is CC1(C)ON(Cc2ccccc2)[C@H]2C3=Cc4ccccc4O[C@@]3(C)CC[C@@H]21. The van der Waals surface area contributed by atoms with Crippen LogP contribution >= 0.6 is 0 Å². The molecule has 2 aromatic carbocycles. The molecule has 0 radical (unpaired) electrons. The van der Waals surface area contributed by atoms with Gasteiger partial charge in [-0.15, -0.1) is 0 Å². The highest BCUT2D eigenvalue weighted by Gasteiger charge is 2.57. The van der Waals surface area contributed by atoms with Crippen LogP contribution in [0.25, 0.3) is 6.08 Å². The molecule has 0 spiro atoms. The standard InChI is InChI=1S/C24H27NO2/c1-23(2)19-13-14-24(3)20(15-18-11-7-8-12-21(18)26-24)22(19)25(27-23)16-17-9-5-4-6-10-17/h4-12,15,19,22H,13-14,16H2,1-3H3/t19-,22+,24-/m0/s1. The molecule has 1 aliphatic carbocycles. The lowest BCUT2D eigenvalue weighted by molar-refractivity contribution is -0.198. The predicted octanol–water partition coefficient (Wildman–Crippen LogP) is 5.23. The van der Waals surface area contributed by atoms with E-state index >= 15 is 0 Å². The van der Waals surface area contributed by atoms with Gasteiger partial charge in [0.2, 0.25) is 0 Å². The van der Waals surface area contributed by atoms with Gasteiger partial charge in [-0.25, -0.2) is 0 Å². The largest absolute Gasteiger partial charge is 0.483 e. The van der Waals surface area contributed by atoms with Crippen molar-refractivity contribution in [3.8, 4) is 5.75 Å². The maximum absolute atomic E-state index is 6.55. The molecule has 0 unspecified atom stereocenters. The number of nitrogens with zero attached hydrogens (tertiary/aromatic N) is 1. The van der Waals surface area contributed by atoms with Crippen molar-refractivity contribution >= 4 is 6.08 Å². The fourth-order valence-corrected chi connectivity index (χ4v) is 5.12. The van der Waals surface area contributed by atoms with E-state index in [2.05, 4.69) is 86.5 Å². The van der Waals surface area contributed by atoms with Crippen LogP contribution < -0.4 is 4.74 Å². The highest BCUT2D eigenvalue weighted by atomic mass is 16.7. The molecule has 2 aromatic rings. The van der Waals surface area contributed by atoms with Gasteiger partial charge in [0.15, 0.2) is 0 Å². The van der Waals surface area contributed by atoms with Crippen LogP contribution in [0.2, 0.25) is 0 Å². The van der Waals surface area contributed by atoms with Crippen LogP contribution in [0.4, 0.5) is 0 Å². The molecule has 5 rings (SSSR count). The molecule has 3 atom stereocenters. The maximum atomic E-state index is 6.55. The van der Waals surface area contributed by atoms with Crippen molar-refractivity contribution in [1.82, 2.24) is 5.06 Å². The number of fused-ring (bicyclic) bond motifs is 4. The Labute approximate surface area is 161 Å². The monoisotopic (exact) mass is 361 g/mol. The van der Waals surface area contributed by atoms with E-state index in [1.54, 1.807) is 0 Å². The molecule has 1 saturated heterocycles. The summed E-state index contributed by atoms with van der Waals surface area (Å²) >= 11 is 0. The van der Waals surface area contributed by atoms with Crippen LogP contribution in [0, 0.1) is 5.92 Å². The Morgan fingerprint density at radius 1 is 1.00 bits per heavy atom. The summed E-state index contributed by atoms with van der Waals surface area (Å²) in [7, 11) is 0. The molecule has 2 fully saturated rings. The smallest absolute Gasteiger partial charge is 0.129 e. The van der Waals surface area contributed by atoms with Crippen LogP contribution in [0.15, 0.2) is 60.2 Å². The van der Waals surface area contributed by atoms with E-state index in [0.717, 1.165) is 25.1 Å². The number of benzene rings is 2. The normalized spacial score (nSPS) is 31.3. The zero-order valence-electron chi connectivity index (χ0n) is 16.3. The average Bonchev–Trinajstić information content (AvgIpc) is 2.90. The number of hydrogen-bond donors (Lipinski definition) is 0. The van der Waals surface area contributed by atoms with Gasteiger partial charge in [0.25, 0.3) is 0 Å². The minimum absolute atomic E-state index is 0.168. The summed E-state index contributed by atoms with van der Waals surface area (Å²) < 4.78 is 6.55. The molecular formula is C24H27NO2. The van der Waals surface area contributed by atoms with Gasteiger partial charge in [0.05, 0.1) is 11.6 Å². The summed E-state index contributed by atoms with van der Waals surface area (Å²) in [5, 5.41) is 2.21. The van der Waals surface area contributed by atoms with E-state index in [9.17, 15) is 0 Å². The van der Waals surface area contributed by atoms with Crippen LogP contribution in [-0.4, -0.2) is 22.3 Å². The lowest BCUT2D eigenvalue weighted by Crippen LogP contribution is -2.52. The first-order valence-electron chi connectivity index (χ1n) is 9.96. The fourth-order valence-electron chi connectivity index (χ4n) is 5.12. The Balaban J connectivity index is 1.57. The van der Waals surface area contributed by atoms with Gasteiger partial charge in [-0.05, 0) is 56.9 Å². The second kappa shape index (κ2) is 5.95. The molecule has 0 N–H and O–H groups in total. The topological polar surface area (TPSA) is 21.7 Å². The molecule has 27 heavy (non-hydrogen) atoms. The fraction of sp³-hybridized carbons (Fsp3) is 0.417. The summed E-state index contributed by atoms with van der Waals surface area (Å²) in [6.45, 7) is 7.50. The van der Waals surface area contributed by atoms with Gasteiger partial charge in [0, 0.05) is 18.0 Å². The molecule has 0 amide bonds. The highest BCUT2D eigenvalue weighted by molar-refractivity contribution is 5.66. The average molecular weight is 361 g/mol. The first-order valence-corrected chi connectivity index (χ1v) is 9.96. The lowest BCUT2D eigenvalue weighted by Gasteiger charge is -2.47. The number of ether oxygens (including phenoxy) is 1. The second-order valence-corrected chi connectivity index (χ2v) is 8.82. The van der Waals surface area contributed by atoms with Gasteiger partial charge in [0.1, 0.15) is 11.4 Å². The van der Waals surface area contributed by atoms with Crippen LogP contribution in [0.3, 0.4) is 0 Å². The number of para-hydroxylation sites is 1. The molecule has 2 heterocycles. The molecule has 3 nitrogen and oxygen atoms in total. The summed E-state index contributed by atoms with van der Waals surface area (Å²) in [6.07, 6.45) is 4.50. The Morgan fingerprint density at radius 2 is 1.74 bits per heavy atom. The first-order chi connectivity index (χ1) is 13.0. The van der Waals surface area contributed by atoms with Gasteiger partial charge in [-0.2, -0.15) is 5.06 Å². The summed E-state index contributed by atoms with van der Waals surface area (Å²) in [5.74, 6) is 1.46. The van der Waals surface area contributed by atoms with E-state index in [0.29, 0.717) is 5.92 Å². The zero-order valence-corrected chi connectivity index (χ0v) is 16.3. The van der Waals surface area contributed by atoms with Gasteiger partial charge in [-0.1, -0.05) is 48.5 Å². The van der Waals surface area contributed by atoms with E-state index in [1.807, 2.05) is 0 Å². The minimum Gasteiger partial charge on any atom is -0.483 e. The number of hydrogen-bond acceptors (Lipinski definition) is 3. The van der Waals surface area contributed by atoms with Gasteiger partial charge < -0.3 is 4.74 Å². The van der Waals surface area contributed by atoms with E-state index < -0.39 is 0 Å². The Bertz CT molecular complexity index is 888. The molecule has 2 aliphatic heterocycles. The summed E-state index contributed by atoms with van der Waals surface area (Å²) in [6, 6.07) is 19.2. The maximum Gasteiger partial charge on any atom is 0.129 e. The highest BCUT2D eigenvalue weighted by Crippen LogP contribution is 2.53. The van der Waals surface area contributed by atoms with E-state index in [4.69, 9.17) is 9.57 Å². The van der Waals surface area contributed by atoms with Gasteiger partial charge in [-0.3, -0.25) is 4.84 Å². The molecule has 3 heteroatoms. The molecule has 1 saturated carbocycles. The summed E-state index contributed by atoms with van der Waals surface area (Å²) in [5.41, 5.74) is 3.39. The van der Waals surface area contributed by atoms with Crippen molar-refractivity contribution in [1.29, 1.82) is 0 Å². The zero-order chi connectivity index (χ0) is 18.6. The van der Waals surface area contributed by atoms with Crippen molar-refractivity contribution in [2.45, 2.75) is 57.4 Å². The van der Waals surface area contributed by atoms with Crippen LogP contribution in [0.1, 0.15) is 44.7 Å². The summed E-state index contributed by atoms with van der Waals surface area (Å²) in [4.78, 5) is 6.52. The van der Waals surface area contributed by atoms with Crippen molar-refractivity contribution in [2.24, 2.45) is 5.92 Å². The molecule has 0 bridgehead atoms. The van der Waals surface area contributed by atoms with E-state index in [1.165, 1.54) is 16.7 Å². The quantitative estimate of drug-likeness (QED) is 0.731. The third-order valence-electron chi connectivity index (χ3n) is 6.55. The molecular weight excluding hydrogens is 334 g/mol. The van der Waals surface area contributed by atoms with Gasteiger partial charge >= 0.3 is 0 Å². The van der Waals surface area contributed by atoms with Crippen molar-refractivity contribution in [3.05, 3.63) is 71.3 Å². The van der Waals surface area contributed by atoms with Crippen molar-refractivity contribution in [2.75, 3.05) is 0 Å². The predicted molar refractivity (Wildman–Crippen MR) is 107 cm³/mol. The minimum atomic E-state index is -0.256. The third-order valence-corrected chi connectivity index (χ3v) is 6.55. The Hall–Kier alpha value is -2.10. The Morgan fingerprint density at radius 3 is 2.56 bits per heavy atom. The number of hydroxylamine groups is 2. The van der Waals surface area contributed by atoms with E-state index in [-0.39, 0.29) is 17.2 Å². The molecule has 3 aliphatic rings. The number of rotatable bonds is 2. The third kappa shape index (κ3) is 2.72. The van der Waals surface area contributed by atoms with Crippen molar-refractivity contribution in [3.63, 3.8) is 0 Å². The van der Waals surface area contributed by atoms with Crippen LogP contribution in [0.5, 0.6) is 5.75 Å². The molecule has 140 valence electrons. The van der Waals surface area contributed by atoms with Crippen molar-refractivity contribution < 1.29 is 9.57 Å². The second-order valence-electron chi connectivity index (χ2n) is 8.82. The lowest BCUT2D eigenvalue weighted by atomic mass is 9.67. The van der Waals surface area contributed by atoms with Crippen LogP contribution in [-0.2, 0) is 11.4 Å². The first kappa shape index (κ1) is 17.0. The molecule has 0 aromatic heterocycles. The Kier molecular flexibility index (Phi) is 3.75.